The van der Waals surface area contributed by atoms with Crippen LogP contribution in [0.3, 0.4) is 0 Å². The van der Waals surface area contributed by atoms with Crippen molar-refractivity contribution in [2.75, 3.05) is 12.4 Å². The highest BCUT2D eigenvalue weighted by atomic mass is 16.6. The smallest absolute Gasteiger partial charge is 0.266 e. The number of nitrogens with zero attached hydrogens (tertiary/aromatic N) is 2. The Hall–Kier alpha value is -3.35. The van der Waals surface area contributed by atoms with E-state index in [0.717, 1.165) is 22.4 Å². The number of rotatable bonds is 6. The molecule has 0 fully saturated rings. The van der Waals surface area contributed by atoms with Gasteiger partial charge in [0.1, 0.15) is 11.5 Å². The summed E-state index contributed by atoms with van der Waals surface area (Å²) in [7, 11) is 1.59. The molecule has 2 aromatic carbocycles. The van der Waals surface area contributed by atoms with E-state index in [2.05, 4.69) is 15.6 Å². The zero-order chi connectivity index (χ0) is 19.4. The summed E-state index contributed by atoms with van der Waals surface area (Å²) in [5, 5.41) is 10.4. The van der Waals surface area contributed by atoms with Gasteiger partial charge in [-0.25, -0.2) is 4.63 Å². The Bertz CT molecular complexity index is 935. The average Bonchev–Trinajstić information content (AvgIpc) is 3.12. The van der Waals surface area contributed by atoms with Crippen LogP contribution in [0.4, 0.5) is 5.82 Å². The molecule has 3 rings (SSSR count). The van der Waals surface area contributed by atoms with Crippen LogP contribution in [-0.4, -0.2) is 29.4 Å². The number of carbonyl (C=O) groups is 1. The lowest BCUT2D eigenvalue weighted by atomic mass is 10.1. The highest BCUT2D eigenvalue weighted by Gasteiger charge is 2.20. The van der Waals surface area contributed by atoms with E-state index in [4.69, 9.17) is 14.1 Å². The summed E-state index contributed by atoms with van der Waals surface area (Å²) in [6.45, 7) is 5.69. The first-order valence-electron chi connectivity index (χ1n) is 8.49. The molecule has 27 heavy (non-hydrogen) atoms. The van der Waals surface area contributed by atoms with Gasteiger partial charge in [-0.2, -0.15) is 0 Å². The second kappa shape index (κ2) is 7.90. The third-order valence-electron chi connectivity index (χ3n) is 4.25. The van der Waals surface area contributed by atoms with Crippen LogP contribution in [0.25, 0.3) is 11.3 Å². The fraction of sp³-hybridized carbons (Fsp3) is 0.250. The van der Waals surface area contributed by atoms with E-state index >= 15 is 0 Å². The molecule has 0 spiro atoms. The van der Waals surface area contributed by atoms with Crippen LogP contribution in [0.1, 0.15) is 18.1 Å². The van der Waals surface area contributed by atoms with Crippen LogP contribution >= 0.6 is 0 Å². The van der Waals surface area contributed by atoms with Gasteiger partial charge in [0.15, 0.2) is 11.8 Å². The second-order valence-electron chi connectivity index (χ2n) is 6.19. The van der Waals surface area contributed by atoms with E-state index in [0.29, 0.717) is 11.4 Å². The lowest BCUT2D eigenvalue weighted by Gasteiger charge is -2.15. The molecule has 0 aliphatic carbocycles. The first kappa shape index (κ1) is 18.4. The molecule has 3 aromatic rings. The molecule has 1 N–H and O–H groups in total. The van der Waals surface area contributed by atoms with E-state index in [-0.39, 0.29) is 11.7 Å². The predicted octanol–water partition coefficient (Wildman–Crippen LogP) is 3.77. The molecular weight excluding hydrogens is 346 g/mol. The number of methoxy groups -OCH3 is 1. The van der Waals surface area contributed by atoms with Gasteiger partial charge in [-0.3, -0.25) is 4.79 Å². The SMILES string of the molecule is COc1ccc(-c2nonc2NC(=O)C(C)Oc2ccc(C)c(C)c2)cc1. The summed E-state index contributed by atoms with van der Waals surface area (Å²) in [5.41, 5.74) is 3.44. The van der Waals surface area contributed by atoms with E-state index in [1.165, 1.54) is 0 Å². The minimum Gasteiger partial charge on any atom is -0.497 e. The maximum atomic E-state index is 12.5. The number of hydrogen-bond acceptors (Lipinski definition) is 6. The van der Waals surface area contributed by atoms with Gasteiger partial charge in [0.25, 0.3) is 5.91 Å². The van der Waals surface area contributed by atoms with E-state index in [1.54, 1.807) is 26.2 Å². The minimum atomic E-state index is -0.715. The fourth-order valence-corrected chi connectivity index (χ4v) is 2.47. The molecule has 7 nitrogen and oxygen atoms in total. The zero-order valence-electron chi connectivity index (χ0n) is 15.6. The maximum Gasteiger partial charge on any atom is 0.266 e. The van der Waals surface area contributed by atoms with Crippen LogP contribution in [0.15, 0.2) is 47.1 Å². The summed E-state index contributed by atoms with van der Waals surface area (Å²) in [4.78, 5) is 12.5. The Balaban J connectivity index is 1.70. The molecule has 140 valence electrons. The van der Waals surface area contributed by atoms with Gasteiger partial charge < -0.3 is 14.8 Å². The number of hydrogen-bond donors (Lipinski definition) is 1. The Morgan fingerprint density at radius 3 is 2.41 bits per heavy atom. The molecule has 7 heteroatoms. The molecular formula is C20H21N3O4. The number of ether oxygens (including phenoxy) is 2. The fourth-order valence-electron chi connectivity index (χ4n) is 2.47. The normalized spacial score (nSPS) is 11.7. The van der Waals surface area contributed by atoms with Gasteiger partial charge in [0, 0.05) is 5.56 Å². The van der Waals surface area contributed by atoms with Crippen molar-refractivity contribution in [2.24, 2.45) is 0 Å². The average molecular weight is 367 g/mol. The van der Waals surface area contributed by atoms with Gasteiger partial charge >= 0.3 is 0 Å². The molecule has 1 amide bonds. The van der Waals surface area contributed by atoms with Crippen LogP contribution < -0.4 is 14.8 Å². The number of nitrogens with one attached hydrogen (secondary N) is 1. The lowest BCUT2D eigenvalue weighted by molar-refractivity contribution is -0.122. The van der Waals surface area contributed by atoms with Gasteiger partial charge in [-0.15, -0.1) is 0 Å². The standard InChI is InChI=1S/C20H21N3O4/c1-12-5-8-17(11-13(12)2)26-14(3)20(24)21-19-18(22-27-23-19)15-6-9-16(25-4)10-7-15/h5-11,14H,1-4H3,(H,21,23,24). The van der Waals surface area contributed by atoms with Crippen LogP contribution in [-0.2, 0) is 4.79 Å². The summed E-state index contributed by atoms with van der Waals surface area (Å²) in [6, 6.07) is 12.9. The Kier molecular flexibility index (Phi) is 5.40. The van der Waals surface area contributed by atoms with E-state index in [9.17, 15) is 4.79 Å². The van der Waals surface area contributed by atoms with Crippen molar-refractivity contribution in [2.45, 2.75) is 26.9 Å². The highest BCUT2D eigenvalue weighted by molar-refractivity contribution is 5.96. The number of aryl methyl sites for hydroxylation is 2. The van der Waals surface area contributed by atoms with Crippen molar-refractivity contribution < 1.29 is 18.9 Å². The van der Waals surface area contributed by atoms with Gasteiger partial charge in [-0.1, -0.05) is 6.07 Å². The Morgan fingerprint density at radius 1 is 1.04 bits per heavy atom. The van der Waals surface area contributed by atoms with Gasteiger partial charge in [0.2, 0.25) is 5.82 Å². The largest absolute Gasteiger partial charge is 0.497 e. The van der Waals surface area contributed by atoms with Gasteiger partial charge in [0.05, 0.1) is 7.11 Å². The topological polar surface area (TPSA) is 86.5 Å². The van der Waals surface area contributed by atoms with Gasteiger partial charge in [-0.05, 0) is 78.6 Å². The predicted molar refractivity (Wildman–Crippen MR) is 101 cm³/mol. The summed E-state index contributed by atoms with van der Waals surface area (Å²) in [5.74, 6) is 1.24. The first-order chi connectivity index (χ1) is 13.0. The van der Waals surface area contributed by atoms with Crippen molar-refractivity contribution in [3.05, 3.63) is 53.6 Å². The van der Waals surface area contributed by atoms with Crippen molar-refractivity contribution in [3.63, 3.8) is 0 Å². The molecule has 1 unspecified atom stereocenters. The number of carbonyl (C=O) groups excluding carboxylic acids is 1. The lowest BCUT2D eigenvalue weighted by Crippen LogP contribution is -2.30. The number of aromatic nitrogens is 2. The second-order valence-corrected chi connectivity index (χ2v) is 6.19. The van der Waals surface area contributed by atoms with Crippen molar-refractivity contribution in [3.8, 4) is 22.8 Å². The first-order valence-corrected chi connectivity index (χ1v) is 8.49. The number of benzene rings is 2. The molecule has 0 saturated carbocycles. The van der Waals surface area contributed by atoms with Crippen molar-refractivity contribution >= 4 is 11.7 Å². The quantitative estimate of drug-likeness (QED) is 0.714. The van der Waals surface area contributed by atoms with E-state index in [1.807, 2.05) is 44.2 Å². The minimum absolute atomic E-state index is 0.237. The van der Waals surface area contributed by atoms with E-state index < -0.39 is 6.10 Å². The Labute approximate surface area is 157 Å². The van der Waals surface area contributed by atoms with Crippen LogP contribution in [0.2, 0.25) is 0 Å². The van der Waals surface area contributed by atoms with Crippen LogP contribution in [0, 0.1) is 13.8 Å². The summed E-state index contributed by atoms with van der Waals surface area (Å²) in [6.07, 6.45) is -0.715. The third-order valence-corrected chi connectivity index (χ3v) is 4.25. The highest BCUT2D eigenvalue weighted by Crippen LogP contribution is 2.26. The molecule has 0 aliphatic rings. The van der Waals surface area contributed by atoms with Crippen molar-refractivity contribution in [1.82, 2.24) is 10.3 Å². The molecule has 0 saturated heterocycles. The molecule has 1 atom stereocenters. The number of amides is 1. The Morgan fingerprint density at radius 2 is 1.74 bits per heavy atom. The van der Waals surface area contributed by atoms with Crippen molar-refractivity contribution in [1.29, 1.82) is 0 Å². The molecule has 1 heterocycles. The third kappa shape index (κ3) is 4.25. The van der Waals surface area contributed by atoms with Crippen LogP contribution in [0.5, 0.6) is 11.5 Å². The molecule has 0 aliphatic heterocycles. The number of anilines is 1. The maximum absolute atomic E-state index is 12.5. The summed E-state index contributed by atoms with van der Waals surface area (Å²) < 4.78 is 15.7. The molecule has 0 radical (unpaired) electrons. The zero-order valence-corrected chi connectivity index (χ0v) is 15.6. The monoisotopic (exact) mass is 367 g/mol. The molecule has 0 bridgehead atoms. The molecule has 1 aromatic heterocycles. The summed E-state index contributed by atoms with van der Waals surface area (Å²) >= 11 is 0.